The highest BCUT2D eigenvalue weighted by molar-refractivity contribution is 5.72. The number of hydrogen-bond acceptors (Lipinski definition) is 2. The van der Waals surface area contributed by atoms with Gasteiger partial charge in [0.2, 0.25) is 0 Å². The smallest absolute Gasteiger partial charge is 0.410 e. The van der Waals surface area contributed by atoms with Crippen LogP contribution in [0.5, 0.6) is 5.75 Å². The Morgan fingerprint density at radius 2 is 1.50 bits per heavy atom. The molecule has 1 aliphatic carbocycles. The molecule has 0 bridgehead atoms. The third-order valence-corrected chi connectivity index (χ3v) is 6.03. The molecule has 2 aromatic carbocycles. The molecule has 3 heteroatoms. The van der Waals surface area contributed by atoms with Gasteiger partial charge < -0.3 is 10.1 Å². The summed E-state index contributed by atoms with van der Waals surface area (Å²) in [6.45, 7) is 9.15. The molecule has 2 aromatic rings. The molecule has 0 heterocycles. The second-order valence-electron chi connectivity index (χ2n) is 8.67. The number of para-hydroxylation sites is 1. The summed E-state index contributed by atoms with van der Waals surface area (Å²) < 4.78 is 5.89. The Bertz CT molecular complexity index is 763. The monoisotopic (exact) mass is 379 g/mol. The van der Waals surface area contributed by atoms with Gasteiger partial charge in [0, 0.05) is 12.0 Å². The van der Waals surface area contributed by atoms with Crippen molar-refractivity contribution >= 4 is 6.09 Å². The summed E-state index contributed by atoms with van der Waals surface area (Å²) in [4.78, 5) is 12.8. The zero-order valence-electron chi connectivity index (χ0n) is 17.6. The van der Waals surface area contributed by atoms with Crippen LogP contribution in [0.25, 0.3) is 0 Å². The van der Waals surface area contributed by atoms with Crippen molar-refractivity contribution in [2.75, 3.05) is 6.54 Å². The van der Waals surface area contributed by atoms with E-state index in [0.29, 0.717) is 18.4 Å². The van der Waals surface area contributed by atoms with Gasteiger partial charge in [-0.3, -0.25) is 0 Å². The molecule has 0 unspecified atom stereocenters. The predicted octanol–water partition coefficient (Wildman–Crippen LogP) is 6.53. The van der Waals surface area contributed by atoms with Gasteiger partial charge in [0.15, 0.2) is 0 Å². The van der Waals surface area contributed by atoms with Crippen molar-refractivity contribution in [2.24, 2.45) is 0 Å². The minimum atomic E-state index is -0.350. The normalized spacial score (nSPS) is 15.8. The molecule has 0 aromatic heterocycles. The molecule has 1 amide bonds. The van der Waals surface area contributed by atoms with Crippen molar-refractivity contribution in [1.29, 1.82) is 0 Å². The summed E-state index contributed by atoms with van der Waals surface area (Å²) in [6.07, 6.45) is 4.28. The quantitative estimate of drug-likeness (QED) is 0.619. The van der Waals surface area contributed by atoms with Crippen LogP contribution in [0.15, 0.2) is 48.5 Å². The summed E-state index contributed by atoms with van der Waals surface area (Å²) in [6, 6.07) is 16.8. The molecule has 28 heavy (non-hydrogen) atoms. The number of amides is 1. The van der Waals surface area contributed by atoms with E-state index >= 15 is 0 Å². The van der Waals surface area contributed by atoms with Gasteiger partial charge in [0.25, 0.3) is 0 Å². The molecule has 1 aliphatic rings. The van der Waals surface area contributed by atoms with Crippen molar-refractivity contribution in [3.8, 4) is 5.75 Å². The van der Waals surface area contributed by atoms with E-state index in [0.717, 1.165) is 29.7 Å². The molecular formula is C25H33NO2. The third-order valence-electron chi connectivity index (χ3n) is 6.03. The lowest BCUT2D eigenvalue weighted by atomic mass is 9.79. The lowest BCUT2D eigenvalue weighted by molar-refractivity contribution is 0.195. The van der Waals surface area contributed by atoms with Gasteiger partial charge in [-0.15, -0.1) is 0 Å². The number of ether oxygens (including phenoxy) is 1. The average molecular weight is 380 g/mol. The maximum absolute atomic E-state index is 12.8. The molecule has 0 saturated heterocycles. The van der Waals surface area contributed by atoms with Crippen LogP contribution in [0.2, 0.25) is 0 Å². The number of carbonyl (C=O) groups excluding carboxylic acids is 1. The van der Waals surface area contributed by atoms with Crippen molar-refractivity contribution < 1.29 is 9.53 Å². The number of rotatable bonds is 6. The van der Waals surface area contributed by atoms with Crippen LogP contribution in [0.1, 0.15) is 81.9 Å². The highest BCUT2D eigenvalue weighted by atomic mass is 16.6. The fourth-order valence-corrected chi connectivity index (χ4v) is 4.38. The Labute approximate surface area is 169 Å². The fourth-order valence-electron chi connectivity index (χ4n) is 4.38. The van der Waals surface area contributed by atoms with Gasteiger partial charge in [0.05, 0.1) is 0 Å². The van der Waals surface area contributed by atoms with E-state index in [4.69, 9.17) is 4.74 Å². The van der Waals surface area contributed by atoms with Gasteiger partial charge in [-0.25, -0.2) is 4.79 Å². The molecule has 0 spiro atoms. The van der Waals surface area contributed by atoms with Crippen LogP contribution < -0.4 is 10.1 Å². The van der Waals surface area contributed by atoms with Crippen molar-refractivity contribution in [3.63, 3.8) is 0 Å². The zero-order valence-corrected chi connectivity index (χ0v) is 17.6. The van der Waals surface area contributed by atoms with E-state index in [9.17, 15) is 4.79 Å². The van der Waals surface area contributed by atoms with Crippen molar-refractivity contribution in [1.82, 2.24) is 5.32 Å². The van der Waals surface area contributed by atoms with E-state index in [1.165, 1.54) is 18.4 Å². The zero-order chi connectivity index (χ0) is 20.1. The average Bonchev–Trinajstić information content (AvgIpc) is 3.17. The van der Waals surface area contributed by atoms with Crippen LogP contribution >= 0.6 is 0 Å². The summed E-state index contributed by atoms with van der Waals surface area (Å²) in [5.41, 5.74) is 3.51. The van der Waals surface area contributed by atoms with E-state index < -0.39 is 0 Å². The summed E-state index contributed by atoms with van der Waals surface area (Å²) in [5.74, 6) is 1.32. The van der Waals surface area contributed by atoms with E-state index in [2.05, 4.69) is 75.5 Å². The Kier molecular flexibility index (Phi) is 6.43. The largest absolute Gasteiger partial charge is 0.412 e. The maximum Gasteiger partial charge on any atom is 0.412 e. The lowest BCUT2D eigenvalue weighted by Crippen LogP contribution is -2.40. The standard InChI is InChI=1S/C25H33NO2/c1-18(2)21-13-10-14-22(19(3)4)23(21)28-24(27)26-17-25(15-8-9-16-25)20-11-6-5-7-12-20/h5-7,10-14,18-19H,8-9,15-17H2,1-4H3,(H,26,27). The van der Waals surface area contributed by atoms with Crippen LogP contribution in [-0.2, 0) is 5.41 Å². The first-order valence-electron chi connectivity index (χ1n) is 10.6. The van der Waals surface area contributed by atoms with Crippen molar-refractivity contribution in [3.05, 3.63) is 65.2 Å². The minimum Gasteiger partial charge on any atom is -0.410 e. The summed E-state index contributed by atoms with van der Waals surface area (Å²) in [5, 5.41) is 3.08. The predicted molar refractivity (Wildman–Crippen MR) is 115 cm³/mol. The molecule has 3 nitrogen and oxygen atoms in total. The first-order chi connectivity index (χ1) is 13.4. The first-order valence-corrected chi connectivity index (χ1v) is 10.6. The van der Waals surface area contributed by atoms with Crippen LogP contribution in [-0.4, -0.2) is 12.6 Å². The van der Waals surface area contributed by atoms with Gasteiger partial charge in [-0.2, -0.15) is 0 Å². The van der Waals surface area contributed by atoms with E-state index in [-0.39, 0.29) is 11.5 Å². The number of carbonyl (C=O) groups is 1. The van der Waals surface area contributed by atoms with E-state index in [1.54, 1.807) is 0 Å². The van der Waals surface area contributed by atoms with Crippen molar-refractivity contribution in [2.45, 2.75) is 70.6 Å². The Balaban J connectivity index is 1.76. The Hall–Kier alpha value is -2.29. The SMILES string of the molecule is CC(C)c1cccc(C(C)C)c1OC(=O)NCC1(c2ccccc2)CCCC1. The minimum absolute atomic E-state index is 0.0265. The fraction of sp³-hybridized carbons (Fsp3) is 0.480. The first kappa shape index (κ1) is 20.4. The van der Waals surface area contributed by atoms with E-state index in [1.807, 2.05) is 6.07 Å². The Morgan fingerprint density at radius 3 is 2.04 bits per heavy atom. The lowest BCUT2D eigenvalue weighted by Gasteiger charge is -2.30. The second kappa shape index (κ2) is 8.81. The molecule has 1 saturated carbocycles. The number of hydrogen-bond donors (Lipinski definition) is 1. The maximum atomic E-state index is 12.8. The highest BCUT2D eigenvalue weighted by Crippen LogP contribution is 2.40. The molecule has 0 atom stereocenters. The molecule has 0 aliphatic heterocycles. The molecule has 1 N–H and O–H groups in total. The molecular weight excluding hydrogens is 346 g/mol. The summed E-state index contributed by atoms with van der Waals surface area (Å²) >= 11 is 0. The highest BCUT2D eigenvalue weighted by Gasteiger charge is 2.36. The van der Waals surface area contributed by atoms with Crippen LogP contribution in [0.3, 0.4) is 0 Å². The second-order valence-corrected chi connectivity index (χ2v) is 8.67. The molecule has 0 radical (unpaired) electrons. The molecule has 3 rings (SSSR count). The van der Waals surface area contributed by atoms with Gasteiger partial charge >= 0.3 is 6.09 Å². The Morgan fingerprint density at radius 1 is 0.929 bits per heavy atom. The number of benzene rings is 2. The molecule has 1 fully saturated rings. The topological polar surface area (TPSA) is 38.3 Å². The van der Waals surface area contributed by atoms with Gasteiger partial charge in [-0.05, 0) is 41.4 Å². The van der Waals surface area contributed by atoms with Gasteiger partial charge in [-0.1, -0.05) is 89.1 Å². The molecule has 150 valence electrons. The van der Waals surface area contributed by atoms with Crippen LogP contribution in [0.4, 0.5) is 4.79 Å². The summed E-state index contributed by atoms with van der Waals surface area (Å²) in [7, 11) is 0. The number of nitrogens with one attached hydrogen (secondary N) is 1. The third kappa shape index (κ3) is 4.40. The van der Waals surface area contributed by atoms with Gasteiger partial charge in [0.1, 0.15) is 5.75 Å². The van der Waals surface area contributed by atoms with Crippen LogP contribution in [0, 0.1) is 0 Å².